The van der Waals surface area contributed by atoms with Gasteiger partial charge in [-0.1, -0.05) is 0 Å². The summed E-state index contributed by atoms with van der Waals surface area (Å²) in [5.74, 6) is -0.321. The number of carbonyl (C=O) groups excluding carboxylic acids is 2. The average molecular weight is 386 g/mol. The molecule has 2 bridgehead atoms. The van der Waals surface area contributed by atoms with Crippen molar-refractivity contribution >= 4 is 23.5 Å². The van der Waals surface area contributed by atoms with E-state index in [2.05, 4.69) is 20.1 Å². The van der Waals surface area contributed by atoms with Crippen molar-refractivity contribution in [2.45, 2.75) is 44.7 Å². The number of nitrogens with one attached hydrogen (secondary N) is 1. The van der Waals surface area contributed by atoms with Gasteiger partial charge in [-0.05, 0) is 43.2 Å². The summed E-state index contributed by atoms with van der Waals surface area (Å²) >= 11 is 0. The molecule has 3 fully saturated rings. The lowest BCUT2D eigenvalue weighted by Gasteiger charge is -2.57. The van der Waals surface area contributed by atoms with E-state index in [9.17, 15) is 19.5 Å². The minimum absolute atomic E-state index is 0.0125. The first-order valence-corrected chi connectivity index (χ1v) is 9.94. The largest absolute Gasteiger partial charge is 0.477 e. The quantitative estimate of drug-likeness (QED) is 0.804. The molecular weight excluding hydrogens is 360 g/mol. The van der Waals surface area contributed by atoms with E-state index in [4.69, 9.17) is 0 Å². The molecule has 3 aliphatic heterocycles. The molecule has 3 saturated heterocycles. The van der Waals surface area contributed by atoms with Crippen LogP contribution in [0, 0.1) is 11.8 Å². The van der Waals surface area contributed by atoms with E-state index in [1.807, 2.05) is 6.07 Å². The summed E-state index contributed by atoms with van der Waals surface area (Å²) in [6.07, 6.45) is 5.06. The van der Waals surface area contributed by atoms with Gasteiger partial charge in [0.2, 0.25) is 11.8 Å². The smallest absolute Gasteiger partial charge is 0.354 e. The Hall–Kier alpha value is -2.64. The predicted molar refractivity (Wildman–Crippen MR) is 102 cm³/mol. The fourth-order valence-electron chi connectivity index (χ4n) is 5.23. The van der Waals surface area contributed by atoms with Gasteiger partial charge >= 0.3 is 5.97 Å². The van der Waals surface area contributed by atoms with Crippen LogP contribution in [0.5, 0.6) is 0 Å². The summed E-state index contributed by atoms with van der Waals surface area (Å²) < 4.78 is 0. The van der Waals surface area contributed by atoms with Gasteiger partial charge in [-0.25, -0.2) is 9.78 Å². The number of carboxylic acids is 1. The van der Waals surface area contributed by atoms with Gasteiger partial charge in [0.15, 0.2) is 0 Å². The third-order valence-corrected chi connectivity index (χ3v) is 6.38. The monoisotopic (exact) mass is 386 g/mol. The van der Waals surface area contributed by atoms with E-state index in [-0.39, 0.29) is 35.5 Å². The fraction of sp³-hybridized carbons (Fsp3) is 0.600. The number of aromatic nitrogens is 1. The number of amides is 2. The van der Waals surface area contributed by atoms with Crippen molar-refractivity contribution in [1.82, 2.24) is 15.2 Å². The molecule has 4 heterocycles. The van der Waals surface area contributed by atoms with Crippen LogP contribution in [0.2, 0.25) is 0 Å². The van der Waals surface area contributed by atoms with Crippen molar-refractivity contribution in [3.63, 3.8) is 0 Å². The normalized spacial score (nSPS) is 29.2. The van der Waals surface area contributed by atoms with Crippen LogP contribution < -0.4 is 10.2 Å². The van der Waals surface area contributed by atoms with E-state index in [0.717, 1.165) is 38.0 Å². The van der Waals surface area contributed by atoms with Gasteiger partial charge in [0, 0.05) is 50.9 Å². The average Bonchev–Trinajstić information content (AvgIpc) is 2.68. The molecule has 0 spiro atoms. The summed E-state index contributed by atoms with van der Waals surface area (Å²) in [6, 6.07) is 3.65. The molecule has 3 aliphatic rings. The maximum Gasteiger partial charge on any atom is 0.354 e. The SMILES string of the molecule is CC(=O)NC[C@H]1[C@H]2C[C@H](CN(c3ccnc(C(=O)O)c3)C2)[C@@H]2CCCC(=O)N21. The van der Waals surface area contributed by atoms with Gasteiger partial charge in [-0.2, -0.15) is 0 Å². The number of hydrogen-bond acceptors (Lipinski definition) is 5. The first-order chi connectivity index (χ1) is 13.4. The predicted octanol–water partition coefficient (Wildman–Crippen LogP) is 1.12. The lowest BCUT2D eigenvalue weighted by Crippen LogP contribution is -2.67. The van der Waals surface area contributed by atoms with E-state index >= 15 is 0 Å². The second kappa shape index (κ2) is 7.41. The molecule has 150 valence electrons. The van der Waals surface area contributed by atoms with Crippen LogP contribution >= 0.6 is 0 Å². The summed E-state index contributed by atoms with van der Waals surface area (Å²) in [4.78, 5) is 43.7. The zero-order valence-electron chi connectivity index (χ0n) is 16.0. The van der Waals surface area contributed by atoms with Gasteiger partial charge in [-0.15, -0.1) is 0 Å². The number of rotatable bonds is 4. The number of aromatic carboxylic acids is 1. The molecule has 2 N–H and O–H groups in total. The molecule has 28 heavy (non-hydrogen) atoms. The molecule has 0 aliphatic carbocycles. The second-order valence-electron chi connectivity index (χ2n) is 8.13. The van der Waals surface area contributed by atoms with E-state index in [0.29, 0.717) is 18.9 Å². The van der Waals surface area contributed by atoms with Crippen LogP contribution in [-0.4, -0.2) is 64.5 Å². The number of nitrogens with zero attached hydrogens (tertiary/aromatic N) is 3. The molecule has 0 saturated carbocycles. The van der Waals surface area contributed by atoms with Crippen molar-refractivity contribution < 1.29 is 19.5 Å². The van der Waals surface area contributed by atoms with Gasteiger partial charge < -0.3 is 20.2 Å². The number of pyridine rings is 1. The molecule has 1 aromatic heterocycles. The summed E-state index contributed by atoms with van der Waals surface area (Å²) in [6.45, 7) is 3.51. The molecule has 0 radical (unpaired) electrons. The van der Waals surface area contributed by atoms with Crippen molar-refractivity contribution in [1.29, 1.82) is 0 Å². The van der Waals surface area contributed by atoms with E-state index < -0.39 is 5.97 Å². The summed E-state index contributed by atoms with van der Waals surface area (Å²) in [7, 11) is 0. The Bertz CT molecular complexity index is 798. The Labute approximate surface area is 163 Å². The Balaban J connectivity index is 1.62. The molecule has 4 rings (SSSR count). The number of fused-ring (bicyclic) bond motifs is 4. The first-order valence-electron chi connectivity index (χ1n) is 9.94. The minimum atomic E-state index is -1.04. The fourth-order valence-corrected chi connectivity index (χ4v) is 5.23. The highest BCUT2D eigenvalue weighted by atomic mass is 16.4. The van der Waals surface area contributed by atoms with Gasteiger partial charge in [0.05, 0.1) is 6.04 Å². The summed E-state index contributed by atoms with van der Waals surface area (Å²) in [5, 5.41) is 12.2. The van der Waals surface area contributed by atoms with Gasteiger partial charge in [-0.3, -0.25) is 9.59 Å². The minimum Gasteiger partial charge on any atom is -0.477 e. The van der Waals surface area contributed by atoms with Crippen LogP contribution in [0.15, 0.2) is 18.3 Å². The van der Waals surface area contributed by atoms with Crippen LogP contribution in [0.4, 0.5) is 5.69 Å². The maximum absolute atomic E-state index is 12.7. The first kappa shape index (κ1) is 18.7. The van der Waals surface area contributed by atoms with Crippen LogP contribution in [0.25, 0.3) is 0 Å². The number of carboxylic acid groups (broad SMARTS) is 1. The highest BCUT2D eigenvalue weighted by Gasteiger charge is 2.49. The Morgan fingerprint density at radius 3 is 2.86 bits per heavy atom. The highest BCUT2D eigenvalue weighted by Crippen LogP contribution is 2.42. The molecular formula is C20H26N4O4. The van der Waals surface area contributed by atoms with Crippen molar-refractivity contribution in [2.75, 3.05) is 24.5 Å². The van der Waals surface area contributed by atoms with Gasteiger partial charge in [0.1, 0.15) is 5.69 Å². The molecule has 0 aromatic carbocycles. The third kappa shape index (κ3) is 3.43. The molecule has 0 unspecified atom stereocenters. The molecule has 2 amide bonds. The number of carbonyl (C=O) groups is 3. The maximum atomic E-state index is 12.7. The lowest BCUT2D eigenvalue weighted by molar-refractivity contribution is -0.149. The summed E-state index contributed by atoms with van der Waals surface area (Å²) in [5.41, 5.74) is 0.897. The molecule has 4 atom stereocenters. The standard InChI is InChI=1S/C20H26N4O4/c1-12(25)22-9-18-14-7-13(17-3-2-4-19(26)24(17)18)10-23(11-14)15-5-6-21-16(8-15)20(27)28/h5-6,8,13-14,17-18H,2-4,7,9-11H2,1H3,(H,22,25)(H,27,28)/t13-,14+,17+,18+/m1/s1. The van der Waals surface area contributed by atoms with Crippen LogP contribution in [0.1, 0.15) is 43.1 Å². The Morgan fingerprint density at radius 1 is 1.32 bits per heavy atom. The topological polar surface area (TPSA) is 103 Å². The third-order valence-electron chi connectivity index (χ3n) is 6.38. The second-order valence-corrected chi connectivity index (χ2v) is 8.13. The number of anilines is 1. The van der Waals surface area contributed by atoms with Gasteiger partial charge in [0.25, 0.3) is 0 Å². The Morgan fingerprint density at radius 2 is 2.11 bits per heavy atom. The van der Waals surface area contributed by atoms with Crippen molar-refractivity contribution in [2.24, 2.45) is 11.8 Å². The molecule has 1 aromatic rings. The van der Waals surface area contributed by atoms with Crippen LogP contribution in [-0.2, 0) is 9.59 Å². The highest BCUT2D eigenvalue weighted by molar-refractivity contribution is 5.86. The number of piperidine rings is 3. The zero-order chi connectivity index (χ0) is 19.8. The molecule has 8 heteroatoms. The zero-order valence-corrected chi connectivity index (χ0v) is 16.0. The number of hydrogen-bond donors (Lipinski definition) is 2. The molecule has 8 nitrogen and oxygen atoms in total. The lowest BCUT2D eigenvalue weighted by atomic mass is 9.72. The Kier molecular flexibility index (Phi) is 4.95. The van der Waals surface area contributed by atoms with Crippen LogP contribution in [0.3, 0.4) is 0 Å². The van der Waals surface area contributed by atoms with Crippen molar-refractivity contribution in [3.05, 3.63) is 24.0 Å². The van der Waals surface area contributed by atoms with E-state index in [1.165, 1.54) is 13.1 Å². The van der Waals surface area contributed by atoms with Crippen molar-refractivity contribution in [3.8, 4) is 0 Å². The van der Waals surface area contributed by atoms with E-state index in [1.54, 1.807) is 6.07 Å².